The maximum Gasteiger partial charge on any atom is 0.310 e. The van der Waals surface area contributed by atoms with Crippen LogP contribution in [-0.2, 0) is 19.1 Å². The summed E-state index contributed by atoms with van der Waals surface area (Å²) in [7, 11) is 0. The first kappa shape index (κ1) is 19.1. The highest BCUT2D eigenvalue weighted by atomic mass is 16.6. The Morgan fingerprint density at radius 3 is 2.33 bits per heavy atom. The van der Waals surface area contributed by atoms with Crippen LogP contribution in [0.1, 0.15) is 53.9 Å². The number of fused-ring (bicyclic) bond motifs is 1. The van der Waals surface area contributed by atoms with Gasteiger partial charge in [-0.3, -0.25) is 9.59 Å². The molecule has 0 aromatic carbocycles. The molecular formula is C17H28O7. The van der Waals surface area contributed by atoms with Crippen molar-refractivity contribution in [3.05, 3.63) is 0 Å². The normalized spacial score (nSPS) is 43.0. The van der Waals surface area contributed by atoms with E-state index in [-0.39, 0.29) is 12.8 Å². The van der Waals surface area contributed by atoms with Crippen LogP contribution >= 0.6 is 0 Å². The third-order valence-electron chi connectivity index (χ3n) is 5.64. The maximum atomic E-state index is 11.9. The van der Waals surface area contributed by atoms with Crippen LogP contribution in [0, 0.1) is 11.3 Å². The van der Waals surface area contributed by atoms with Crippen LogP contribution in [0.25, 0.3) is 0 Å². The summed E-state index contributed by atoms with van der Waals surface area (Å²) in [5.41, 5.74) is -3.67. The fourth-order valence-corrected chi connectivity index (χ4v) is 4.41. The predicted molar refractivity (Wildman–Crippen MR) is 84.2 cm³/mol. The van der Waals surface area contributed by atoms with Gasteiger partial charge >= 0.3 is 11.9 Å². The molecule has 24 heavy (non-hydrogen) atoms. The summed E-state index contributed by atoms with van der Waals surface area (Å²) in [5.74, 6) is -2.81. The zero-order chi connectivity index (χ0) is 18.5. The molecule has 1 saturated heterocycles. The Bertz CT molecular complexity index is 522. The zero-order valence-corrected chi connectivity index (χ0v) is 14.9. The van der Waals surface area contributed by atoms with Gasteiger partial charge in [-0.1, -0.05) is 6.92 Å². The van der Waals surface area contributed by atoms with Gasteiger partial charge in [0.25, 0.3) is 0 Å². The Kier molecular flexibility index (Phi) is 4.76. The number of esters is 1. The molecule has 3 N–H and O–H groups in total. The summed E-state index contributed by atoms with van der Waals surface area (Å²) in [6.07, 6.45) is -1.02. The third-order valence-corrected chi connectivity index (χ3v) is 5.64. The van der Waals surface area contributed by atoms with Crippen molar-refractivity contribution < 1.29 is 34.4 Å². The van der Waals surface area contributed by atoms with Crippen LogP contribution in [-0.4, -0.2) is 56.8 Å². The van der Waals surface area contributed by atoms with E-state index in [0.29, 0.717) is 6.42 Å². The summed E-state index contributed by atoms with van der Waals surface area (Å²) in [4.78, 5) is 23.5. The number of aliphatic carboxylic acids is 1. The second kappa shape index (κ2) is 5.97. The molecule has 6 atom stereocenters. The van der Waals surface area contributed by atoms with Gasteiger partial charge < -0.3 is 24.8 Å². The van der Waals surface area contributed by atoms with Crippen LogP contribution in [0.3, 0.4) is 0 Å². The Morgan fingerprint density at radius 2 is 1.88 bits per heavy atom. The quantitative estimate of drug-likeness (QED) is 0.657. The molecule has 1 aliphatic heterocycles. The van der Waals surface area contributed by atoms with Crippen LogP contribution in [0.15, 0.2) is 0 Å². The molecule has 0 bridgehead atoms. The molecule has 138 valence electrons. The summed E-state index contributed by atoms with van der Waals surface area (Å²) in [5, 5.41) is 30.7. The van der Waals surface area contributed by atoms with E-state index >= 15 is 0 Å². The zero-order valence-electron chi connectivity index (χ0n) is 14.9. The van der Waals surface area contributed by atoms with Crippen molar-refractivity contribution in [1.29, 1.82) is 0 Å². The van der Waals surface area contributed by atoms with Gasteiger partial charge in [0.05, 0.1) is 29.3 Å². The minimum Gasteiger partial charge on any atom is -0.481 e. The van der Waals surface area contributed by atoms with E-state index in [4.69, 9.17) is 9.47 Å². The second-order valence-corrected chi connectivity index (χ2v) is 8.13. The van der Waals surface area contributed by atoms with E-state index < -0.39 is 52.8 Å². The minimum atomic E-state index is -1.43. The first-order valence-corrected chi connectivity index (χ1v) is 8.30. The van der Waals surface area contributed by atoms with Crippen LogP contribution in [0.5, 0.6) is 0 Å². The number of rotatable bonds is 3. The highest BCUT2D eigenvalue weighted by Crippen LogP contribution is 2.55. The monoisotopic (exact) mass is 344 g/mol. The number of carbonyl (C=O) groups is 2. The first-order chi connectivity index (χ1) is 10.8. The molecule has 2 rings (SSSR count). The Balaban J connectivity index is 2.49. The third kappa shape index (κ3) is 3.17. The molecule has 1 aliphatic carbocycles. The lowest BCUT2D eigenvalue weighted by Gasteiger charge is -2.58. The van der Waals surface area contributed by atoms with Crippen molar-refractivity contribution in [2.45, 2.75) is 83.4 Å². The average molecular weight is 344 g/mol. The average Bonchev–Trinajstić information content (AvgIpc) is 2.36. The number of hydrogen-bond donors (Lipinski definition) is 3. The van der Waals surface area contributed by atoms with E-state index in [1.54, 1.807) is 20.8 Å². The highest BCUT2D eigenvalue weighted by molar-refractivity contribution is 5.73. The highest BCUT2D eigenvalue weighted by Gasteiger charge is 2.64. The van der Waals surface area contributed by atoms with E-state index in [0.717, 1.165) is 0 Å². The van der Waals surface area contributed by atoms with Crippen molar-refractivity contribution >= 4 is 11.9 Å². The molecule has 1 heterocycles. The summed E-state index contributed by atoms with van der Waals surface area (Å²) < 4.78 is 11.5. The van der Waals surface area contributed by atoms with Gasteiger partial charge in [0.2, 0.25) is 0 Å². The van der Waals surface area contributed by atoms with E-state index in [1.165, 1.54) is 13.8 Å². The molecule has 2 aliphatic rings. The lowest BCUT2D eigenvalue weighted by Crippen LogP contribution is -2.68. The minimum absolute atomic E-state index is 0.177. The number of aliphatic hydroxyl groups is 2. The van der Waals surface area contributed by atoms with Gasteiger partial charge in [-0.2, -0.15) is 0 Å². The van der Waals surface area contributed by atoms with Gasteiger partial charge in [0.1, 0.15) is 6.10 Å². The predicted octanol–water partition coefficient (Wildman–Crippen LogP) is 1.10. The molecule has 1 saturated carbocycles. The largest absolute Gasteiger partial charge is 0.481 e. The molecule has 0 amide bonds. The number of carboxylic acids is 1. The number of carboxylic acid groups (broad SMARTS) is 1. The lowest BCUT2D eigenvalue weighted by molar-refractivity contribution is -0.277. The molecule has 0 unspecified atom stereocenters. The molecule has 0 aromatic heterocycles. The van der Waals surface area contributed by atoms with Crippen LogP contribution < -0.4 is 0 Å². The van der Waals surface area contributed by atoms with Gasteiger partial charge in [-0.25, -0.2) is 0 Å². The molecule has 0 aromatic rings. The molecule has 0 spiro atoms. The SMILES string of the molecule is CC(=O)O[C@@H]1C[C@H](C(C)(C)O)O[C@@H]2CC[C@](C)(O)[C@H](C(=O)O)[C@]12C. The Morgan fingerprint density at radius 1 is 1.29 bits per heavy atom. The summed E-state index contributed by atoms with van der Waals surface area (Å²) >= 11 is 0. The van der Waals surface area contributed by atoms with Gasteiger partial charge in [-0.15, -0.1) is 0 Å². The van der Waals surface area contributed by atoms with E-state index in [1.807, 2.05) is 0 Å². The fourth-order valence-electron chi connectivity index (χ4n) is 4.41. The maximum absolute atomic E-state index is 11.9. The van der Waals surface area contributed by atoms with Crippen molar-refractivity contribution in [2.75, 3.05) is 0 Å². The molecule has 2 fully saturated rings. The number of carbonyl (C=O) groups excluding carboxylic acids is 1. The summed E-state index contributed by atoms with van der Waals surface area (Å²) in [6, 6.07) is 0. The van der Waals surface area contributed by atoms with Crippen LogP contribution in [0.4, 0.5) is 0 Å². The smallest absolute Gasteiger partial charge is 0.310 e. The molecule has 7 heteroatoms. The molecule has 0 radical (unpaired) electrons. The fraction of sp³-hybridized carbons (Fsp3) is 0.882. The number of ether oxygens (including phenoxy) is 2. The number of hydrogen-bond acceptors (Lipinski definition) is 6. The second-order valence-electron chi connectivity index (χ2n) is 8.13. The van der Waals surface area contributed by atoms with Crippen molar-refractivity contribution in [3.8, 4) is 0 Å². The van der Waals surface area contributed by atoms with Gasteiger partial charge in [-0.05, 0) is 33.6 Å². The van der Waals surface area contributed by atoms with Crippen molar-refractivity contribution in [1.82, 2.24) is 0 Å². The topological polar surface area (TPSA) is 113 Å². The van der Waals surface area contributed by atoms with Gasteiger partial charge in [0, 0.05) is 18.8 Å². The lowest BCUT2D eigenvalue weighted by atomic mass is 9.55. The summed E-state index contributed by atoms with van der Waals surface area (Å²) in [6.45, 7) is 7.68. The van der Waals surface area contributed by atoms with E-state index in [2.05, 4.69) is 0 Å². The molecule has 7 nitrogen and oxygen atoms in total. The van der Waals surface area contributed by atoms with Crippen molar-refractivity contribution in [2.24, 2.45) is 11.3 Å². The van der Waals surface area contributed by atoms with Crippen molar-refractivity contribution in [3.63, 3.8) is 0 Å². The Hall–Kier alpha value is -1.18. The Labute approximate surface area is 141 Å². The van der Waals surface area contributed by atoms with E-state index in [9.17, 15) is 24.9 Å². The van der Waals surface area contributed by atoms with Crippen LogP contribution in [0.2, 0.25) is 0 Å². The molecular weight excluding hydrogens is 316 g/mol. The standard InChI is InChI=1S/C17H28O7/c1-9(18)23-12-8-11(15(2,3)21)24-10-6-7-16(4,22)13(14(19)20)17(10,12)5/h10-13,21-22H,6-8H2,1-5H3,(H,19,20)/t10-,11-,12-,13+,16+,17+/m1/s1. The first-order valence-electron chi connectivity index (χ1n) is 8.30. The van der Waals surface area contributed by atoms with Gasteiger partial charge in [0.15, 0.2) is 0 Å².